The molecule has 2 aromatic carbocycles. The lowest BCUT2D eigenvalue weighted by Gasteiger charge is -2.19. The number of nitrogens with one attached hydrogen (secondary N) is 1. The van der Waals surface area contributed by atoms with E-state index in [-0.39, 0.29) is 11.5 Å². The van der Waals surface area contributed by atoms with Crippen LogP contribution in [-0.4, -0.2) is 13.1 Å². The van der Waals surface area contributed by atoms with Crippen LogP contribution in [0.15, 0.2) is 46.9 Å². The molecule has 0 aromatic heterocycles. The number of benzene rings is 2. The molecule has 1 atom stereocenters. The molecule has 2 rings (SSSR count). The number of hydrogen-bond donors (Lipinski definition) is 1. The zero-order chi connectivity index (χ0) is 15.2. The Bertz CT molecular complexity index is 564. The fourth-order valence-electron chi connectivity index (χ4n) is 2.34. The first-order chi connectivity index (χ1) is 10.1. The molecule has 21 heavy (non-hydrogen) atoms. The maximum atomic E-state index is 13.8. The first-order valence-corrected chi connectivity index (χ1v) is 7.80. The van der Waals surface area contributed by atoms with Crippen molar-refractivity contribution in [2.75, 3.05) is 13.1 Å². The predicted molar refractivity (Wildman–Crippen MR) is 85.5 cm³/mol. The van der Waals surface area contributed by atoms with E-state index < -0.39 is 11.6 Å². The van der Waals surface area contributed by atoms with Gasteiger partial charge in [-0.15, -0.1) is 0 Å². The van der Waals surface area contributed by atoms with Crippen LogP contribution in [0.3, 0.4) is 0 Å². The Morgan fingerprint density at radius 1 is 1.05 bits per heavy atom. The maximum Gasteiger partial charge on any atom is 0.129 e. The normalized spacial score (nSPS) is 12.4. The topological polar surface area (TPSA) is 12.0 Å². The van der Waals surface area contributed by atoms with Crippen LogP contribution in [0.25, 0.3) is 0 Å². The molecule has 112 valence electrons. The fraction of sp³-hybridized carbons (Fsp3) is 0.294. The lowest BCUT2D eigenvalue weighted by Crippen LogP contribution is -2.23. The molecule has 0 saturated carbocycles. The van der Waals surface area contributed by atoms with Gasteiger partial charge in [0.05, 0.1) is 0 Å². The molecule has 0 spiro atoms. The summed E-state index contributed by atoms with van der Waals surface area (Å²) in [6.07, 6.45) is 0.340. The predicted octanol–water partition coefficient (Wildman–Crippen LogP) is 4.66. The van der Waals surface area contributed by atoms with Crippen LogP contribution >= 0.6 is 15.9 Å². The molecule has 0 amide bonds. The molecule has 0 aliphatic rings. The summed E-state index contributed by atoms with van der Waals surface area (Å²) < 4.78 is 28.7. The molecule has 0 bridgehead atoms. The van der Waals surface area contributed by atoms with Gasteiger partial charge in [-0.25, -0.2) is 8.78 Å². The summed E-state index contributed by atoms with van der Waals surface area (Å²) in [6, 6.07) is 11.9. The maximum absolute atomic E-state index is 13.8. The summed E-state index contributed by atoms with van der Waals surface area (Å²) in [5.41, 5.74) is 1.23. The molecular formula is C17H18BrF2N. The van der Waals surface area contributed by atoms with E-state index in [1.54, 1.807) is 0 Å². The molecule has 0 aliphatic heterocycles. The van der Waals surface area contributed by atoms with Crippen LogP contribution in [0.5, 0.6) is 0 Å². The quantitative estimate of drug-likeness (QED) is 0.795. The van der Waals surface area contributed by atoms with Gasteiger partial charge >= 0.3 is 0 Å². The Balaban J connectivity index is 2.26. The average Bonchev–Trinajstić information content (AvgIpc) is 2.47. The van der Waals surface area contributed by atoms with Gasteiger partial charge in [-0.3, -0.25) is 0 Å². The van der Waals surface area contributed by atoms with Crippen LogP contribution in [0.4, 0.5) is 8.78 Å². The summed E-state index contributed by atoms with van der Waals surface area (Å²) in [6.45, 7) is 3.53. The van der Waals surface area contributed by atoms with Gasteiger partial charge in [-0.2, -0.15) is 0 Å². The van der Waals surface area contributed by atoms with Crippen molar-refractivity contribution in [3.8, 4) is 0 Å². The van der Waals surface area contributed by atoms with E-state index in [1.807, 2.05) is 31.2 Å². The van der Waals surface area contributed by atoms with Gasteiger partial charge in [0.25, 0.3) is 0 Å². The third-order valence-corrected chi connectivity index (χ3v) is 4.02. The van der Waals surface area contributed by atoms with Crippen LogP contribution in [0.2, 0.25) is 0 Å². The largest absolute Gasteiger partial charge is 0.316 e. The zero-order valence-electron chi connectivity index (χ0n) is 11.9. The Morgan fingerprint density at radius 3 is 2.24 bits per heavy atom. The number of hydrogen-bond acceptors (Lipinski definition) is 1. The van der Waals surface area contributed by atoms with E-state index in [9.17, 15) is 8.78 Å². The smallest absolute Gasteiger partial charge is 0.129 e. The first kappa shape index (κ1) is 16.1. The highest BCUT2D eigenvalue weighted by Crippen LogP contribution is 2.25. The third kappa shape index (κ3) is 4.35. The van der Waals surface area contributed by atoms with Crippen LogP contribution in [-0.2, 0) is 6.42 Å². The van der Waals surface area contributed by atoms with Crippen molar-refractivity contribution in [1.29, 1.82) is 0 Å². The van der Waals surface area contributed by atoms with Gasteiger partial charge in [-0.05, 0) is 42.8 Å². The van der Waals surface area contributed by atoms with E-state index in [2.05, 4.69) is 21.2 Å². The molecular weight excluding hydrogens is 336 g/mol. The minimum absolute atomic E-state index is 0.0319. The van der Waals surface area contributed by atoms with Crippen molar-refractivity contribution in [2.24, 2.45) is 0 Å². The summed E-state index contributed by atoms with van der Waals surface area (Å²) in [4.78, 5) is 0. The van der Waals surface area contributed by atoms with E-state index >= 15 is 0 Å². The standard InChI is InChI=1S/C17H18BrF2N/c1-2-21-11-13(12-6-8-14(18)9-7-12)10-15-16(19)4-3-5-17(15)20/h3-9,13,21H,2,10-11H2,1H3. The SMILES string of the molecule is CCNCC(Cc1c(F)cccc1F)c1ccc(Br)cc1. The monoisotopic (exact) mass is 353 g/mol. The second-order valence-corrected chi connectivity index (χ2v) is 5.88. The molecule has 4 heteroatoms. The van der Waals surface area contributed by atoms with Crippen molar-refractivity contribution < 1.29 is 8.78 Å². The Morgan fingerprint density at radius 2 is 1.67 bits per heavy atom. The van der Waals surface area contributed by atoms with Gasteiger partial charge in [0.15, 0.2) is 0 Å². The molecule has 0 fully saturated rings. The van der Waals surface area contributed by atoms with Gasteiger partial charge in [0.1, 0.15) is 11.6 Å². The Kier molecular flexibility index (Phi) is 5.88. The van der Waals surface area contributed by atoms with Crippen molar-refractivity contribution in [3.63, 3.8) is 0 Å². The number of likely N-dealkylation sites (N-methyl/N-ethyl adjacent to an activating group) is 1. The van der Waals surface area contributed by atoms with Crippen molar-refractivity contribution in [2.45, 2.75) is 19.3 Å². The second kappa shape index (κ2) is 7.66. The minimum atomic E-state index is -0.478. The van der Waals surface area contributed by atoms with E-state index in [1.165, 1.54) is 18.2 Å². The first-order valence-electron chi connectivity index (χ1n) is 7.01. The van der Waals surface area contributed by atoms with Gasteiger partial charge in [0.2, 0.25) is 0 Å². The second-order valence-electron chi connectivity index (χ2n) is 4.96. The molecule has 0 aliphatic carbocycles. The van der Waals surface area contributed by atoms with Crippen LogP contribution < -0.4 is 5.32 Å². The highest BCUT2D eigenvalue weighted by Gasteiger charge is 2.17. The number of rotatable bonds is 6. The zero-order valence-corrected chi connectivity index (χ0v) is 13.5. The minimum Gasteiger partial charge on any atom is -0.316 e. The Hall–Kier alpha value is -1.26. The van der Waals surface area contributed by atoms with Crippen molar-refractivity contribution in [1.82, 2.24) is 5.32 Å². The molecule has 0 radical (unpaired) electrons. The molecule has 2 aromatic rings. The summed E-state index contributed by atoms with van der Waals surface area (Å²) in [7, 11) is 0. The highest BCUT2D eigenvalue weighted by molar-refractivity contribution is 9.10. The summed E-state index contributed by atoms with van der Waals surface area (Å²) in [5.74, 6) is -0.924. The molecule has 1 unspecified atom stereocenters. The number of halogens is 3. The van der Waals surface area contributed by atoms with Crippen molar-refractivity contribution in [3.05, 3.63) is 69.7 Å². The van der Waals surface area contributed by atoms with E-state index in [0.717, 1.165) is 16.6 Å². The summed E-state index contributed by atoms with van der Waals surface area (Å²) >= 11 is 3.40. The van der Waals surface area contributed by atoms with E-state index in [4.69, 9.17) is 0 Å². The van der Waals surface area contributed by atoms with Crippen molar-refractivity contribution >= 4 is 15.9 Å². The molecule has 1 N–H and O–H groups in total. The van der Waals surface area contributed by atoms with Crippen LogP contribution in [0.1, 0.15) is 24.0 Å². The van der Waals surface area contributed by atoms with Gasteiger partial charge < -0.3 is 5.32 Å². The van der Waals surface area contributed by atoms with E-state index in [0.29, 0.717) is 13.0 Å². The average molecular weight is 354 g/mol. The lowest BCUT2D eigenvalue weighted by atomic mass is 9.91. The van der Waals surface area contributed by atoms with Crippen LogP contribution in [0, 0.1) is 11.6 Å². The van der Waals surface area contributed by atoms with Gasteiger partial charge in [0, 0.05) is 22.5 Å². The fourth-order valence-corrected chi connectivity index (χ4v) is 2.60. The lowest BCUT2D eigenvalue weighted by molar-refractivity contribution is 0.523. The molecule has 0 heterocycles. The molecule has 1 nitrogen and oxygen atoms in total. The summed E-state index contributed by atoms with van der Waals surface area (Å²) in [5, 5.41) is 3.26. The third-order valence-electron chi connectivity index (χ3n) is 3.49. The Labute approximate surface area is 132 Å². The highest BCUT2D eigenvalue weighted by atomic mass is 79.9. The van der Waals surface area contributed by atoms with Gasteiger partial charge in [-0.1, -0.05) is 41.1 Å². The molecule has 0 saturated heterocycles.